The smallest absolute Gasteiger partial charge is 0.150 e. The Balaban J connectivity index is 1.64. The fourth-order valence-electron chi connectivity index (χ4n) is 2.31. The zero-order valence-corrected chi connectivity index (χ0v) is 15.4. The Labute approximate surface area is 146 Å². The Bertz CT molecular complexity index is 752. The first-order chi connectivity index (χ1) is 11.0. The first-order valence-electron chi connectivity index (χ1n) is 7.75. The molecule has 0 saturated carbocycles. The number of thiazole rings is 1. The summed E-state index contributed by atoms with van der Waals surface area (Å²) in [5.74, 6) is 0.964. The van der Waals surface area contributed by atoms with Gasteiger partial charge >= 0.3 is 0 Å². The zero-order chi connectivity index (χ0) is 16.3. The lowest BCUT2D eigenvalue weighted by atomic mass is 9.87. The van der Waals surface area contributed by atoms with Crippen LogP contribution < -0.4 is 0 Å². The van der Waals surface area contributed by atoms with Crippen LogP contribution in [0.4, 0.5) is 0 Å². The maximum Gasteiger partial charge on any atom is 0.150 e. The molecule has 3 heteroatoms. The third-order valence-corrected chi connectivity index (χ3v) is 5.83. The molecule has 118 valence electrons. The second-order valence-corrected chi connectivity index (χ2v) is 8.68. The van der Waals surface area contributed by atoms with Gasteiger partial charge in [-0.2, -0.15) is 0 Å². The molecular formula is C20H21NS2. The van der Waals surface area contributed by atoms with E-state index in [2.05, 4.69) is 74.7 Å². The summed E-state index contributed by atoms with van der Waals surface area (Å²) in [5.41, 5.74) is 5.20. The van der Waals surface area contributed by atoms with Crippen molar-refractivity contribution in [1.29, 1.82) is 0 Å². The van der Waals surface area contributed by atoms with Crippen LogP contribution in [0.3, 0.4) is 0 Å². The highest BCUT2D eigenvalue weighted by Gasteiger charge is 2.13. The van der Waals surface area contributed by atoms with Gasteiger partial charge < -0.3 is 0 Å². The van der Waals surface area contributed by atoms with Crippen LogP contribution in [0.5, 0.6) is 0 Å². The van der Waals surface area contributed by atoms with Crippen molar-refractivity contribution in [1.82, 2.24) is 4.98 Å². The number of benzene rings is 2. The Morgan fingerprint density at radius 3 is 2.30 bits per heavy atom. The van der Waals surface area contributed by atoms with Crippen LogP contribution in [-0.2, 0) is 11.2 Å². The van der Waals surface area contributed by atoms with E-state index in [0.29, 0.717) is 0 Å². The molecule has 0 bridgehead atoms. The number of nitrogens with zero attached hydrogens (tertiary/aromatic N) is 1. The van der Waals surface area contributed by atoms with Crippen molar-refractivity contribution in [3.63, 3.8) is 0 Å². The third-order valence-electron chi connectivity index (χ3n) is 3.73. The van der Waals surface area contributed by atoms with E-state index in [0.717, 1.165) is 15.8 Å². The van der Waals surface area contributed by atoms with E-state index in [1.54, 1.807) is 11.3 Å². The Hall–Kier alpha value is -1.58. The number of rotatable bonds is 4. The molecule has 0 aliphatic rings. The summed E-state index contributed by atoms with van der Waals surface area (Å²) in [6, 6.07) is 19.3. The average Bonchev–Trinajstić information content (AvgIpc) is 3.02. The van der Waals surface area contributed by atoms with Crippen molar-refractivity contribution in [2.24, 2.45) is 0 Å². The van der Waals surface area contributed by atoms with Gasteiger partial charge in [-0.05, 0) is 16.5 Å². The summed E-state index contributed by atoms with van der Waals surface area (Å²) < 4.78 is 1.13. The Morgan fingerprint density at radius 2 is 1.65 bits per heavy atom. The molecule has 1 aromatic heterocycles. The normalized spacial score (nSPS) is 11.6. The van der Waals surface area contributed by atoms with Gasteiger partial charge in [0.05, 0.1) is 5.69 Å². The second kappa shape index (κ2) is 6.90. The standard InChI is InChI=1S/C20H21NS2/c1-20(2,3)17-11-9-15(10-12-17)13-22-19-21-18(14-23-19)16-7-5-4-6-8-16/h4-12,14H,13H2,1-3H3. The van der Waals surface area contributed by atoms with Crippen LogP contribution in [0.15, 0.2) is 64.3 Å². The molecule has 0 unspecified atom stereocenters. The minimum absolute atomic E-state index is 0.214. The summed E-state index contributed by atoms with van der Waals surface area (Å²) in [4.78, 5) is 4.73. The van der Waals surface area contributed by atoms with Crippen molar-refractivity contribution in [3.8, 4) is 11.3 Å². The van der Waals surface area contributed by atoms with Gasteiger partial charge in [0.2, 0.25) is 0 Å². The molecule has 0 aliphatic carbocycles. The van der Waals surface area contributed by atoms with E-state index in [1.807, 2.05) is 17.8 Å². The van der Waals surface area contributed by atoms with Crippen molar-refractivity contribution in [2.45, 2.75) is 36.3 Å². The Morgan fingerprint density at radius 1 is 0.957 bits per heavy atom. The molecule has 0 spiro atoms. The number of hydrogen-bond acceptors (Lipinski definition) is 3. The monoisotopic (exact) mass is 339 g/mol. The van der Waals surface area contributed by atoms with Crippen molar-refractivity contribution in [2.75, 3.05) is 0 Å². The molecule has 0 N–H and O–H groups in total. The molecule has 1 nitrogen and oxygen atoms in total. The van der Waals surface area contributed by atoms with Gasteiger partial charge in [-0.1, -0.05) is 87.1 Å². The van der Waals surface area contributed by atoms with Crippen molar-refractivity contribution in [3.05, 3.63) is 71.1 Å². The van der Waals surface area contributed by atoms with E-state index in [-0.39, 0.29) is 5.41 Å². The maximum absolute atomic E-state index is 4.73. The lowest BCUT2D eigenvalue weighted by Gasteiger charge is -2.19. The van der Waals surface area contributed by atoms with Crippen LogP contribution in [0.25, 0.3) is 11.3 Å². The molecule has 0 radical (unpaired) electrons. The van der Waals surface area contributed by atoms with E-state index >= 15 is 0 Å². The number of hydrogen-bond donors (Lipinski definition) is 0. The molecule has 0 amide bonds. The van der Waals surface area contributed by atoms with Crippen LogP contribution in [0.1, 0.15) is 31.9 Å². The van der Waals surface area contributed by atoms with E-state index in [4.69, 9.17) is 4.98 Å². The van der Waals surface area contributed by atoms with Crippen molar-refractivity contribution >= 4 is 23.1 Å². The highest BCUT2D eigenvalue weighted by atomic mass is 32.2. The molecular weight excluding hydrogens is 318 g/mol. The summed E-state index contributed by atoms with van der Waals surface area (Å²) in [7, 11) is 0. The highest BCUT2D eigenvalue weighted by Crippen LogP contribution is 2.31. The first kappa shape index (κ1) is 16.3. The molecule has 0 aliphatic heterocycles. The molecule has 3 rings (SSSR count). The lowest BCUT2D eigenvalue weighted by Crippen LogP contribution is -2.10. The quantitative estimate of drug-likeness (QED) is 0.510. The van der Waals surface area contributed by atoms with Gasteiger partial charge in [0.25, 0.3) is 0 Å². The summed E-state index contributed by atoms with van der Waals surface area (Å²) in [6.45, 7) is 6.74. The van der Waals surface area contributed by atoms with Gasteiger partial charge in [-0.3, -0.25) is 0 Å². The molecule has 3 aromatic rings. The third kappa shape index (κ3) is 4.24. The summed E-state index contributed by atoms with van der Waals surface area (Å²) in [5, 5.41) is 2.14. The summed E-state index contributed by atoms with van der Waals surface area (Å²) in [6.07, 6.45) is 0. The maximum atomic E-state index is 4.73. The van der Waals surface area contributed by atoms with E-state index < -0.39 is 0 Å². The predicted octanol–water partition coefficient (Wildman–Crippen LogP) is 6.40. The predicted molar refractivity (Wildman–Crippen MR) is 102 cm³/mol. The topological polar surface area (TPSA) is 12.9 Å². The van der Waals surface area contributed by atoms with Gasteiger partial charge in [-0.15, -0.1) is 11.3 Å². The number of aromatic nitrogens is 1. The molecule has 0 saturated heterocycles. The molecule has 0 atom stereocenters. The van der Waals surface area contributed by atoms with Gasteiger partial charge in [0.15, 0.2) is 4.34 Å². The fourth-order valence-corrected chi connectivity index (χ4v) is 4.10. The molecule has 2 aromatic carbocycles. The average molecular weight is 340 g/mol. The molecule has 0 fully saturated rings. The summed E-state index contributed by atoms with van der Waals surface area (Å²) >= 11 is 3.53. The number of thioether (sulfide) groups is 1. The van der Waals surface area contributed by atoms with Crippen LogP contribution >= 0.6 is 23.1 Å². The Kier molecular flexibility index (Phi) is 4.88. The lowest BCUT2D eigenvalue weighted by molar-refractivity contribution is 0.590. The zero-order valence-electron chi connectivity index (χ0n) is 13.7. The van der Waals surface area contributed by atoms with Crippen LogP contribution in [-0.4, -0.2) is 4.98 Å². The van der Waals surface area contributed by atoms with Crippen molar-refractivity contribution < 1.29 is 0 Å². The largest absolute Gasteiger partial charge is 0.230 e. The van der Waals surface area contributed by atoms with E-state index in [9.17, 15) is 0 Å². The fraction of sp³-hybridized carbons (Fsp3) is 0.250. The minimum Gasteiger partial charge on any atom is -0.230 e. The van der Waals surface area contributed by atoms with E-state index in [1.165, 1.54) is 16.7 Å². The van der Waals surface area contributed by atoms with Gasteiger partial charge in [0.1, 0.15) is 0 Å². The minimum atomic E-state index is 0.214. The molecule has 23 heavy (non-hydrogen) atoms. The van der Waals surface area contributed by atoms with Gasteiger partial charge in [0, 0.05) is 16.7 Å². The first-order valence-corrected chi connectivity index (χ1v) is 9.62. The molecule has 1 heterocycles. The SMILES string of the molecule is CC(C)(C)c1ccc(CSc2nc(-c3ccccc3)cs2)cc1. The second-order valence-electron chi connectivity index (χ2n) is 6.60. The highest BCUT2D eigenvalue weighted by molar-refractivity contribution is 8.00. The van der Waals surface area contributed by atoms with Crippen LogP contribution in [0, 0.1) is 0 Å². The van der Waals surface area contributed by atoms with Crippen LogP contribution in [0.2, 0.25) is 0 Å². The van der Waals surface area contributed by atoms with Gasteiger partial charge in [-0.25, -0.2) is 4.98 Å².